The van der Waals surface area contributed by atoms with Crippen LogP contribution in [0.5, 0.6) is 0 Å². The lowest BCUT2D eigenvalue weighted by Gasteiger charge is -2.33. The lowest BCUT2D eigenvalue weighted by atomic mass is 9.94. The van der Waals surface area contributed by atoms with E-state index < -0.39 is 0 Å². The van der Waals surface area contributed by atoms with Crippen LogP contribution >= 0.6 is 0 Å². The number of hydrogen-bond donors (Lipinski definition) is 1. The molecular weight excluding hydrogens is 330 g/mol. The SMILES string of the molecule is CCCn1cnnc1C(C)NC(=O)C1CCN(C(=O)C2CCCC2)CC1. The van der Waals surface area contributed by atoms with Gasteiger partial charge in [0.15, 0.2) is 5.82 Å². The Balaban J connectivity index is 1.48. The Morgan fingerprint density at radius 3 is 2.54 bits per heavy atom. The van der Waals surface area contributed by atoms with Crippen LogP contribution < -0.4 is 5.32 Å². The maximum Gasteiger partial charge on any atom is 0.225 e. The van der Waals surface area contributed by atoms with Crippen molar-refractivity contribution in [3.63, 3.8) is 0 Å². The van der Waals surface area contributed by atoms with E-state index >= 15 is 0 Å². The fourth-order valence-electron chi connectivity index (χ4n) is 4.20. The van der Waals surface area contributed by atoms with Gasteiger partial charge in [-0.3, -0.25) is 9.59 Å². The third-order valence-electron chi connectivity index (χ3n) is 5.74. The van der Waals surface area contributed by atoms with Crippen molar-refractivity contribution in [1.82, 2.24) is 25.0 Å². The van der Waals surface area contributed by atoms with Gasteiger partial charge in [-0.1, -0.05) is 19.8 Å². The number of carbonyl (C=O) groups excluding carboxylic acids is 2. The maximum absolute atomic E-state index is 12.6. The highest BCUT2D eigenvalue weighted by molar-refractivity contribution is 5.81. The molecule has 2 aliphatic rings. The van der Waals surface area contributed by atoms with E-state index in [1.54, 1.807) is 6.33 Å². The highest BCUT2D eigenvalue weighted by Crippen LogP contribution is 2.28. The summed E-state index contributed by atoms with van der Waals surface area (Å²) in [5.74, 6) is 1.38. The first-order valence-corrected chi connectivity index (χ1v) is 10.1. The van der Waals surface area contributed by atoms with Gasteiger partial charge in [0.05, 0.1) is 6.04 Å². The topological polar surface area (TPSA) is 80.1 Å². The highest BCUT2D eigenvalue weighted by atomic mass is 16.2. The van der Waals surface area contributed by atoms with E-state index in [0.717, 1.165) is 44.5 Å². The molecule has 1 aliphatic carbocycles. The number of nitrogens with one attached hydrogen (secondary N) is 1. The lowest BCUT2D eigenvalue weighted by Crippen LogP contribution is -2.45. The second-order valence-electron chi connectivity index (χ2n) is 7.69. The van der Waals surface area contributed by atoms with E-state index in [-0.39, 0.29) is 23.8 Å². The molecule has 3 rings (SSSR count). The van der Waals surface area contributed by atoms with E-state index in [0.29, 0.717) is 19.0 Å². The number of rotatable bonds is 6. The van der Waals surface area contributed by atoms with Crippen LogP contribution in [0.1, 0.15) is 70.7 Å². The van der Waals surface area contributed by atoms with Gasteiger partial charge in [0.2, 0.25) is 11.8 Å². The van der Waals surface area contributed by atoms with Crippen LogP contribution in [0, 0.1) is 11.8 Å². The molecule has 2 heterocycles. The molecule has 1 aromatic rings. The molecule has 1 saturated carbocycles. The zero-order valence-corrected chi connectivity index (χ0v) is 16.0. The summed E-state index contributed by atoms with van der Waals surface area (Å²) in [6.07, 6.45) is 8.64. The van der Waals surface area contributed by atoms with Crippen molar-refractivity contribution in [3.05, 3.63) is 12.2 Å². The van der Waals surface area contributed by atoms with Gasteiger partial charge >= 0.3 is 0 Å². The number of aromatic nitrogens is 3. The number of piperidine rings is 1. The molecular formula is C19H31N5O2. The summed E-state index contributed by atoms with van der Waals surface area (Å²) in [5.41, 5.74) is 0. The molecule has 0 aromatic carbocycles. The summed E-state index contributed by atoms with van der Waals surface area (Å²) in [4.78, 5) is 27.1. The van der Waals surface area contributed by atoms with Gasteiger partial charge in [0, 0.05) is 31.5 Å². The van der Waals surface area contributed by atoms with Gasteiger partial charge in [0.25, 0.3) is 0 Å². The molecule has 2 fully saturated rings. The molecule has 1 atom stereocenters. The van der Waals surface area contributed by atoms with Gasteiger partial charge in [-0.15, -0.1) is 10.2 Å². The lowest BCUT2D eigenvalue weighted by molar-refractivity contribution is -0.139. The first kappa shape index (κ1) is 18.9. The zero-order chi connectivity index (χ0) is 18.5. The molecule has 1 N–H and O–H groups in total. The van der Waals surface area contributed by atoms with E-state index in [2.05, 4.69) is 22.4 Å². The van der Waals surface area contributed by atoms with Gasteiger partial charge in [-0.05, 0) is 39.0 Å². The number of likely N-dealkylation sites (tertiary alicyclic amines) is 1. The van der Waals surface area contributed by atoms with Crippen LogP contribution in [0.2, 0.25) is 0 Å². The minimum absolute atomic E-state index is 0.0207. The Labute approximate surface area is 155 Å². The smallest absolute Gasteiger partial charge is 0.225 e. The van der Waals surface area contributed by atoms with E-state index in [1.165, 1.54) is 12.8 Å². The summed E-state index contributed by atoms with van der Waals surface area (Å²) >= 11 is 0. The molecule has 1 aliphatic heterocycles. The molecule has 2 amide bonds. The summed E-state index contributed by atoms with van der Waals surface area (Å²) in [7, 11) is 0. The molecule has 1 saturated heterocycles. The molecule has 144 valence electrons. The normalized spacial score (nSPS) is 20.3. The average molecular weight is 361 g/mol. The standard InChI is InChI=1S/C19H31N5O2/c1-3-10-24-13-20-22-17(24)14(2)21-18(25)15-8-11-23(12-9-15)19(26)16-6-4-5-7-16/h13-16H,3-12H2,1-2H3,(H,21,25). The first-order valence-electron chi connectivity index (χ1n) is 10.1. The summed E-state index contributed by atoms with van der Waals surface area (Å²) in [6, 6.07) is -0.158. The molecule has 0 radical (unpaired) electrons. The summed E-state index contributed by atoms with van der Waals surface area (Å²) in [6.45, 7) is 6.31. The quantitative estimate of drug-likeness (QED) is 0.843. The van der Waals surface area contributed by atoms with Crippen LogP contribution in [0.15, 0.2) is 6.33 Å². The predicted molar refractivity (Wildman–Crippen MR) is 98.1 cm³/mol. The Morgan fingerprint density at radius 2 is 1.88 bits per heavy atom. The fourth-order valence-corrected chi connectivity index (χ4v) is 4.20. The van der Waals surface area contributed by atoms with Crippen molar-refractivity contribution < 1.29 is 9.59 Å². The number of hydrogen-bond acceptors (Lipinski definition) is 4. The molecule has 7 nitrogen and oxygen atoms in total. The van der Waals surface area contributed by atoms with Gasteiger partial charge in [-0.25, -0.2) is 0 Å². The van der Waals surface area contributed by atoms with Crippen molar-refractivity contribution in [1.29, 1.82) is 0 Å². The molecule has 7 heteroatoms. The largest absolute Gasteiger partial charge is 0.346 e. The Bertz CT molecular complexity index is 615. The van der Waals surface area contributed by atoms with Crippen molar-refractivity contribution >= 4 is 11.8 Å². The molecule has 0 spiro atoms. The van der Waals surface area contributed by atoms with Gasteiger partial charge in [-0.2, -0.15) is 0 Å². The van der Waals surface area contributed by atoms with Crippen LogP contribution in [0.3, 0.4) is 0 Å². The van der Waals surface area contributed by atoms with E-state index in [4.69, 9.17) is 0 Å². The van der Waals surface area contributed by atoms with Crippen LogP contribution in [0.4, 0.5) is 0 Å². The third kappa shape index (κ3) is 4.24. The van der Waals surface area contributed by atoms with Crippen molar-refractivity contribution in [2.24, 2.45) is 11.8 Å². The summed E-state index contributed by atoms with van der Waals surface area (Å²) in [5, 5.41) is 11.2. The highest BCUT2D eigenvalue weighted by Gasteiger charge is 2.32. The Kier molecular flexibility index (Phi) is 6.27. The average Bonchev–Trinajstić information content (AvgIpc) is 3.33. The van der Waals surface area contributed by atoms with Crippen LogP contribution in [0.25, 0.3) is 0 Å². The first-order chi connectivity index (χ1) is 12.6. The van der Waals surface area contributed by atoms with Crippen molar-refractivity contribution in [3.8, 4) is 0 Å². The molecule has 26 heavy (non-hydrogen) atoms. The van der Waals surface area contributed by atoms with Crippen LogP contribution in [-0.2, 0) is 16.1 Å². The van der Waals surface area contributed by atoms with E-state index in [9.17, 15) is 9.59 Å². The molecule has 0 bridgehead atoms. The second kappa shape index (κ2) is 8.64. The maximum atomic E-state index is 12.6. The Hall–Kier alpha value is -1.92. The number of amides is 2. The van der Waals surface area contributed by atoms with Crippen LogP contribution in [-0.4, -0.2) is 44.6 Å². The third-order valence-corrected chi connectivity index (χ3v) is 5.74. The predicted octanol–water partition coefficient (Wildman–Crippen LogP) is 2.29. The number of nitrogens with zero attached hydrogens (tertiary/aromatic N) is 4. The second-order valence-corrected chi connectivity index (χ2v) is 7.69. The minimum atomic E-state index is -0.158. The zero-order valence-electron chi connectivity index (χ0n) is 16.0. The van der Waals surface area contributed by atoms with Crippen molar-refractivity contribution in [2.45, 2.75) is 71.4 Å². The van der Waals surface area contributed by atoms with Gasteiger partial charge in [0.1, 0.15) is 6.33 Å². The number of carbonyl (C=O) groups is 2. The monoisotopic (exact) mass is 361 g/mol. The van der Waals surface area contributed by atoms with Crippen molar-refractivity contribution in [2.75, 3.05) is 13.1 Å². The Morgan fingerprint density at radius 1 is 1.19 bits per heavy atom. The van der Waals surface area contributed by atoms with E-state index in [1.807, 2.05) is 16.4 Å². The fraction of sp³-hybridized carbons (Fsp3) is 0.789. The molecule has 1 aromatic heterocycles. The minimum Gasteiger partial charge on any atom is -0.346 e. The van der Waals surface area contributed by atoms with Gasteiger partial charge < -0.3 is 14.8 Å². The summed E-state index contributed by atoms with van der Waals surface area (Å²) < 4.78 is 1.99. The molecule has 1 unspecified atom stereocenters. The number of aryl methyl sites for hydroxylation is 1.